The van der Waals surface area contributed by atoms with Crippen LogP contribution in [0.2, 0.25) is 5.02 Å². The lowest BCUT2D eigenvalue weighted by molar-refractivity contribution is 0.115. The van der Waals surface area contributed by atoms with E-state index >= 15 is 0 Å². The summed E-state index contributed by atoms with van der Waals surface area (Å²) in [4.78, 5) is 2.25. The van der Waals surface area contributed by atoms with Crippen LogP contribution in [0, 0.1) is 11.7 Å². The van der Waals surface area contributed by atoms with E-state index in [0.717, 1.165) is 25.1 Å². The quantitative estimate of drug-likeness (QED) is 0.908. The van der Waals surface area contributed by atoms with Gasteiger partial charge in [0.1, 0.15) is 5.82 Å². The lowest BCUT2D eigenvalue weighted by Crippen LogP contribution is -2.42. The monoisotopic (exact) mass is 298 g/mol. The summed E-state index contributed by atoms with van der Waals surface area (Å²) in [7, 11) is 2.08. The fourth-order valence-electron chi connectivity index (χ4n) is 3.09. The largest absolute Gasteiger partial charge is 0.314 e. The molecular formula is C16H24ClFN2. The molecule has 112 valence electrons. The normalized spacial score (nSPS) is 24.3. The topological polar surface area (TPSA) is 15.3 Å². The van der Waals surface area contributed by atoms with Crippen molar-refractivity contribution in [3.05, 3.63) is 34.6 Å². The van der Waals surface area contributed by atoms with Crippen LogP contribution in [0.4, 0.5) is 4.39 Å². The highest BCUT2D eigenvalue weighted by atomic mass is 35.5. The van der Waals surface area contributed by atoms with Crippen LogP contribution in [0.5, 0.6) is 0 Å². The van der Waals surface area contributed by atoms with Gasteiger partial charge in [0.15, 0.2) is 0 Å². The first-order valence-electron chi connectivity index (χ1n) is 7.37. The van der Waals surface area contributed by atoms with Gasteiger partial charge in [-0.2, -0.15) is 0 Å². The van der Waals surface area contributed by atoms with Gasteiger partial charge in [0, 0.05) is 29.2 Å². The van der Waals surface area contributed by atoms with Gasteiger partial charge in [0.25, 0.3) is 0 Å². The van der Waals surface area contributed by atoms with Crippen molar-refractivity contribution in [2.45, 2.75) is 38.8 Å². The Kier molecular flexibility index (Phi) is 5.42. The SMILES string of the molecule is CC(C)NCC1CCCN(C)C1c1cc(Cl)ccc1F. The van der Waals surface area contributed by atoms with Gasteiger partial charge in [0.2, 0.25) is 0 Å². The molecule has 2 rings (SSSR count). The summed E-state index contributed by atoms with van der Waals surface area (Å²) >= 11 is 6.06. The molecule has 1 aromatic rings. The van der Waals surface area contributed by atoms with Crippen molar-refractivity contribution in [1.29, 1.82) is 0 Å². The maximum atomic E-state index is 14.2. The van der Waals surface area contributed by atoms with E-state index in [2.05, 4.69) is 31.1 Å². The van der Waals surface area contributed by atoms with Crippen LogP contribution in [0.3, 0.4) is 0 Å². The lowest BCUT2D eigenvalue weighted by atomic mass is 9.84. The standard InChI is InChI=1S/C16H24ClFN2/c1-11(2)19-10-12-5-4-8-20(3)16(12)14-9-13(17)6-7-15(14)18/h6-7,9,11-12,16,19H,4-5,8,10H2,1-3H3. The molecule has 1 aliphatic heterocycles. The van der Waals surface area contributed by atoms with Crippen molar-refractivity contribution in [3.63, 3.8) is 0 Å². The van der Waals surface area contributed by atoms with Crippen molar-refractivity contribution >= 4 is 11.6 Å². The molecule has 1 heterocycles. The van der Waals surface area contributed by atoms with E-state index in [4.69, 9.17) is 11.6 Å². The number of halogens is 2. The Morgan fingerprint density at radius 1 is 1.45 bits per heavy atom. The molecule has 0 aliphatic carbocycles. The number of hydrogen-bond acceptors (Lipinski definition) is 2. The van der Waals surface area contributed by atoms with Gasteiger partial charge in [-0.1, -0.05) is 25.4 Å². The minimum Gasteiger partial charge on any atom is -0.314 e. The van der Waals surface area contributed by atoms with Crippen LogP contribution >= 0.6 is 11.6 Å². The molecule has 0 radical (unpaired) electrons. The molecule has 4 heteroatoms. The van der Waals surface area contributed by atoms with Gasteiger partial charge in [-0.3, -0.25) is 4.90 Å². The third-order valence-corrected chi connectivity index (χ3v) is 4.31. The first-order chi connectivity index (χ1) is 9.49. The van der Waals surface area contributed by atoms with E-state index in [1.165, 1.54) is 12.5 Å². The summed E-state index contributed by atoms with van der Waals surface area (Å²) < 4.78 is 14.2. The average Bonchev–Trinajstić information content (AvgIpc) is 2.39. The average molecular weight is 299 g/mol. The molecule has 1 N–H and O–H groups in total. The summed E-state index contributed by atoms with van der Waals surface area (Å²) in [5.74, 6) is 0.270. The second-order valence-corrected chi connectivity index (χ2v) is 6.49. The first kappa shape index (κ1) is 15.7. The molecule has 0 saturated carbocycles. The molecule has 1 saturated heterocycles. The Morgan fingerprint density at radius 2 is 2.20 bits per heavy atom. The molecule has 1 aromatic carbocycles. The molecule has 20 heavy (non-hydrogen) atoms. The van der Waals surface area contributed by atoms with Gasteiger partial charge in [-0.05, 0) is 50.6 Å². The van der Waals surface area contributed by atoms with Crippen molar-refractivity contribution < 1.29 is 4.39 Å². The number of nitrogens with one attached hydrogen (secondary N) is 1. The fourth-order valence-corrected chi connectivity index (χ4v) is 3.27. The Hall–Kier alpha value is -0.640. The van der Waals surface area contributed by atoms with Gasteiger partial charge in [-0.25, -0.2) is 4.39 Å². The zero-order chi connectivity index (χ0) is 14.7. The van der Waals surface area contributed by atoms with E-state index in [0.29, 0.717) is 17.0 Å². The molecule has 0 aromatic heterocycles. The molecule has 0 bridgehead atoms. The molecule has 0 spiro atoms. The number of hydrogen-bond donors (Lipinski definition) is 1. The summed E-state index contributed by atoms with van der Waals surface area (Å²) in [6, 6.07) is 5.43. The van der Waals surface area contributed by atoms with Crippen molar-refractivity contribution in [1.82, 2.24) is 10.2 Å². The van der Waals surface area contributed by atoms with Gasteiger partial charge in [-0.15, -0.1) is 0 Å². The zero-order valence-corrected chi connectivity index (χ0v) is 13.3. The summed E-state index contributed by atoms with van der Waals surface area (Å²) in [5, 5.41) is 4.09. The van der Waals surface area contributed by atoms with E-state index in [1.807, 2.05) is 0 Å². The Balaban J connectivity index is 2.24. The number of benzene rings is 1. The van der Waals surface area contributed by atoms with Crippen LogP contribution in [-0.2, 0) is 0 Å². The third-order valence-electron chi connectivity index (χ3n) is 4.07. The second kappa shape index (κ2) is 6.88. The Labute approximate surface area is 126 Å². The predicted molar refractivity (Wildman–Crippen MR) is 82.6 cm³/mol. The van der Waals surface area contributed by atoms with Crippen molar-refractivity contribution in [2.24, 2.45) is 5.92 Å². The molecule has 2 atom stereocenters. The summed E-state index contributed by atoms with van der Waals surface area (Å²) in [6.07, 6.45) is 2.29. The van der Waals surface area contributed by atoms with Crippen LogP contribution in [0.15, 0.2) is 18.2 Å². The molecular weight excluding hydrogens is 275 g/mol. The summed E-state index contributed by atoms with van der Waals surface area (Å²) in [5.41, 5.74) is 0.732. The highest BCUT2D eigenvalue weighted by molar-refractivity contribution is 6.30. The number of piperidine rings is 1. The van der Waals surface area contributed by atoms with Crippen LogP contribution < -0.4 is 5.32 Å². The van der Waals surface area contributed by atoms with E-state index in [1.54, 1.807) is 12.1 Å². The maximum Gasteiger partial charge on any atom is 0.128 e. The first-order valence-corrected chi connectivity index (χ1v) is 7.75. The van der Waals surface area contributed by atoms with Crippen LogP contribution in [-0.4, -0.2) is 31.1 Å². The van der Waals surface area contributed by atoms with E-state index in [9.17, 15) is 4.39 Å². The smallest absolute Gasteiger partial charge is 0.128 e. The Morgan fingerprint density at radius 3 is 2.90 bits per heavy atom. The minimum atomic E-state index is -0.150. The van der Waals surface area contributed by atoms with Crippen LogP contribution in [0.1, 0.15) is 38.3 Å². The number of nitrogens with zero attached hydrogens (tertiary/aromatic N) is 1. The predicted octanol–water partition coefficient (Wildman–Crippen LogP) is 3.86. The molecule has 2 nitrogen and oxygen atoms in total. The second-order valence-electron chi connectivity index (χ2n) is 6.06. The highest BCUT2D eigenvalue weighted by Gasteiger charge is 2.32. The lowest BCUT2D eigenvalue weighted by Gasteiger charge is -2.40. The van der Waals surface area contributed by atoms with Gasteiger partial charge < -0.3 is 5.32 Å². The van der Waals surface area contributed by atoms with Crippen molar-refractivity contribution in [3.8, 4) is 0 Å². The minimum absolute atomic E-state index is 0.105. The molecule has 0 amide bonds. The maximum absolute atomic E-state index is 14.2. The fraction of sp³-hybridized carbons (Fsp3) is 0.625. The van der Waals surface area contributed by atoms with Gasteiger partial charge >= 0.3 is 0 Å². The third kappa shape index (κ3) is 3.72. The highest BCUT2D eigenvalue weighted by Crippen LogP contribution is 2.36. The number of rotatable bonds is 4. The van der Waals surface area contributed by atoms with Crippen molar-refractivity contribution in [2.75, 3.05) is 20.1 Å². The molecule has 1 aliphatic rings. The Bertz CT molecular complexity index is 450. The van der Waals surface area contributed by atoms with E-state index in [-0.39, 0.29) is 11.9 Å². The van der Waals surface area contributed by atoms with Gasteiger partial charge in [0.05, 0.1) is 0 Å². The molecule has 1 fully saturated rings. The molecule has 2 unspecified atom stereocenters. The van der Waals surface area contributed by atoms with Crippen LogP contribution in [0.25, 0.3) is 0 Å². The zero-order valence-electron chi connectivity index (χ0n) is 12.5. The summed E-state index contributed by atoms with van der Waals surface area (Å²) in [6.45, 7) is 6.20. The van der Waals surface area contributed by atoms with E-state index < -0.39 is 0 Å². The number of likely N-dealkylation sites (tertiary alicyclic amines) is 1.